The van der Waals surface area contributed by atoms with Gasteiger partial charge >= 0.3 is 0 Å². The van der Waals surface area contributed by atoms with E-state index in [2.05, 4.69) is 15.3 Å². The van der Waals surface area contributed by atoms with E-state index in [4.69, 9.17) is 4.74 Å². The zero-order valence-corrected chi connectivity index (χ0v) is 15.6. The topological polar surface area (TPSA) is 101 Å². The van der Waals surface area contributed by atoms with Crippen molar-refractivity contribution < 1.29 is 17.9 Å². The van der Waals surface area contributed by atoms with Gasteiger partial charge in [-0.2, -0.15) is 0 Å². The number of carbonyl (C=O) groups excluding carboxylic acids is 1. The van der Waals surface area contributed by atoms with E-state index in [-0.39, 0.29) is 16.9 Å². The normalized spacial score (nSPS) is 14.1. The molecule has 1 aliphatic heterocycles. The number of anilines is 1. The van der Waals surface area contributed by atoms with Gasteiger partial charge in [-0.05, 0) is 17.7 Å². The van der Waals surface area contributed by atoms with Crippen molar-refractivity contribution in [2.75, 3.05) is 32.3 Å². The van der Waals surface area contributed by atoms with E-state index in [0.717, 1.165) is 17.6 Å². The lowest BCUT2D eigenvalue weighted by atomic mass is 10.0. The largest absolute Gasteiger partial charge is 0.497 e. The first-order chi connectivity index (χ1) is 12.3. The first-order valence-electron chi connectivity index (χ1n) is 8.04. The summed E-state index contributed by atoms with van der Waals surface area (Å²) in [4.78, 5) is 22.7. The summed E-state index contributed by atoms with van der Waals surface area (Å²) in [5.74, 6) is 0.773. The molecule has 1 amide bonds. The van der Waals surface area contributed by atoms with Crippen LogP contribution in [0.2, 0.25) is 0 Å². The van der Waals surface area contributed by atoms with Crippen molar-refractivity contribution in [3.05, 3.63) is 41.1 Å². The van der Waals surface area contributed by atoms with Crippen molar-refractivity contribution in [3.8, 4) is 5.75 Å². The molecule has 1 aromatic heterocycles. The summed E-state index contributed by atoms with van der Waals surface area (Å²) < 4.78 is 28.7. The summed E-state index contributed by atoms with van der Waals surface area (Å²) in [6.45, 7) is 0.903. The highest BCUT2D eigenvalue weighted by atomic mass is 32.2. The number of methoxy groups -OCH3 is 1. The monoisotopic (exact) mass is 376 g/mol. The third kappa shape index (κ3) is 3.48. The highest BCUT2D eigenvalue weighted by molar-refractivity contribution is 7.90. The predicted octanol–water partition coefficient (Wildman–Crippen LogP) is 1.13. The Hall–Kier alpha value is -2.68. The molecule has 0 atom stereocenters. The molecule has 0 aliphatic carbocycles. The molecule has 0 saturated heterocycles. The standard InChI is InChI=1S/C17H20N4O4S/c1-18-15-14-13(19-17(20-15)26(3,23)24)8-9-21(16(14)22)10-11-4-6-12(25-2)7-5-11/h4-7H,8-10H2,1-3H3,(H,18,19,20). The van der Waals surface area contributed by atoms with E-state index in [1.807, 2.05) is 24.3 Å². The lowest BCUT2D eigenvalue weighted by molar-refractivity contribution is 0.0725. The highest BCUT2D eigenvalue weighted by Gasteiger charge is 2.31. The summed E-state index contributed by atoms with van der Waals surface area (Å²) in [5, 5.41) is 2.55. The number of amides is 1. The Morgan fingerprint density at radius 3 is 2.50 bits per heavy atom. The van der Waals surface area contributed by atoms with Crippen LogP contribution in [0.1, 0.15) is 21.6 Å². The molecule has 8 nitrogen and oxygen atoms in total. The molecule has 2 aromatic rings. The summed E-state index contributed by atoms with van der Waals surface area (Å²) >= 11 is 0. The van der Waals surface area contributed by atoms with E-state index < -0.39 is 9.84 Å². The highest BCUT2D eigenvalue weighted by Crippen LogP contribution is 2.26. The van der Waals surface area contributed by atoms with Crippen LogP contribution in [0.4, 0.5) is 5.82 Å². The van der Waals surface area contributed by atoms with E-state index in [1.165, 1.54) is 0 Å². The van der Waals surface area contributed by atoms with Crippen LogP contribution in [0.5, 0.6) is 5.75 Å². The molecule has 2 heterocycles. The zero-order chi connectivity index (χ0) is 18.9. The minimum absolute atomic E-state index is 0.216. The molecule has 1 N–H and O–H groups in total. The predicted molar refractivity (Wildman–Crippen MR) is 96.1 cm³/mol. The van der Waals surface area contributed by atoms with Crippen LogP contribution in [0, 0.1) is 0 Å². The van der Waals surface area contributed by atoms with Crippen LogP contribution in [-0.2, 0) is 22.8 Å². The lowest BCUT2D eigenvalue weighted by Crippen LogP contribution is -2.38. The maximum atomic E-state index is 12.9. The molecule has 9 heteroatoms. The molecule has 0 fully saturated rings. The fourth-order valence-electron chi connectivity index (χ4n) is 2.84. The van der Waals surface area contributed by atoms with Crippen LogP contribution >= 0.6 is 0 Å². The van der Waals surface area contributed by atoms with Gasteiger partial charge in [0.1, 0.15) is 17.1 Å². The van der Waals surface area contributed by atoms with E-state index in [1.54, 1.807) is 19.1 Å². The summed E-state index contributed by atoms with van der Waals surface area (Å²) in [6.07, 6.45) is 1.52. The van der Waals surface area contributed by atoms with Crippen molar-refractivity contribution in [1.29, 1.82) is 0 Å². The van der Waals surface area contributed by atoms with Crippen molar-refractivity contribution in [3.63, 3.8) is 0 Å². The number of hydrogen-bond donors (Lipinski definition) is 1. The Morgan fingerprint density at radius 1 is 1.23 bits per heavy atom. The number of benzene rings is 1. The van der Waals surface area contributed by atoms with Crippen LogP contribution in [0.3, 0.4) is 0 Å². The number of ether oxygens (including phenoxy) is 1. The third-order valence-corrected chi connectivity index (χ3v) is 5.03. The lowest BCUT2D eigenvalue weighted by Gasteiger charge is -2.29. The maximum Gasteiger partial charge on any atom is 0.259 e. The maximum absolute atomic E-state index is 12.9. The Labute approximate surface area is 152 Å². The van der Waals surface area contributed by atoms with Crippen molar-refractivity contribution >= 4 is 21.6 Å². The van der Waals surface area contributed by atoms with Gasteiger partial charge in [-0.3, -0.25) is 4.79 Å². The molecule has 3 rings (SSSR count). The Bertz CT molecular complexity index is 925. The SMILES string of the molecule is CNc1nc(S(C)(=O)=O)nc2c1C(=O)N(Cc1ccc(OC)cc1)CC2. The fourth-order valence-corrected chi connectivity index (χ4v) is 3.37. The summed E-state index contributed by atoms with van der Waals surface area (Å²) in [6, 6.07) is 7.50. The van der Waals surface area contributed by atoms with Gasteiger partial charge in [-0.1, -0.05) is 12.1 Å². The number of nitrogens with one attached hydrogen (secondary N) is 1. The molecular weight excluding hydrogens is 356 g/mol. The molecular formula is C17H20N4O4S. The Morgan fingerprint density at radius 2 is 1.92 bits per heavy atom. The molecule has 1 aromatic carbocycles. The summed E-state index contributed by atoms with van der Waals surface area (Å²) in [7, 11) is -0.351. The van der Waals surface area contributed by atoms with Crippen molar-refractivity contribution in [2.24, 2.45) is 0 Å². The van der Waals surface area contributed by atoms with E-state index in [9.17, 15) is 13.2 Å². The smallest absolute Gasteiger partial charge is 0.259 e. The Kier molecular flexibility index (Phi) is 4.82. The molecule has 0 saturated carbocycles. The number of rotatable bonds is 5. The van der Waals surface area contributed by atoms with Gasteiger partial charge in [0.25, 0.3) is 5.91 Å². The molecule has 26 heavy (non-hydrogen) atoms. The number of nitrogens with zero attached hydrogens (tertiary/aromatic N) is 3. The number of hydrogen-bond acceptors (Lipinski definition) is 7. The van der Waals surface area contributed by atoms with E-state index in [0.29, 0.717) is 30.8 Å². The van der Waals surface area contributed by atoms with Gasteiger partial charge < -0.3 is 15.0 Å². The molecule has 0 unspecified atom stereocenters. The first-order valence-corrected chi connectivity index (χ1v) is 9.93. The number of carbonyl (C=O) groups is 1. The molecule has 138 valence electrons. The van der Waals surface area contributed by atoms with Gasteiger partial charge in [0.2, 0.25) is 15.0 Å². The van der Waals surface area contributed by atoms with Crippen LogP contribution in [-0.4, -0.2) is 56.2 Å². The molecule has 0 bridgehead atoms. The zero-order valence-electron chi connectivity index (χ0n) is 14.8. The van der Waals surface area contributed by atoms with Crippen molar-refractivity contribution in [2.45, 2.75) is 18.1 Å². The van der Waals surface area contributed by atoms with Crippen LogP contribution < -0.4 is 10.1 Å². The minimum atomic E-state index is -3.55. The second-order valence-corrected chi connectivity index (χ2v) is 7.93. The van der Waals surface area contributed by atoms with Gasteiger partial charge in [0, 0.05) is 32.8 Å². The van der Waals surface area contributed by atoms with E-state index >= 15 is 0 Å². The van der Waals surface area contributed by atoms with Gasteiger partial charge in [0.15, 0.2) is 0 Å². The van der Waals surface area contributed by atoms with Crippen molar-refractivity contribution in [1.82, 2.24) is 14.9 Å². The second-order valence-electron chi connectivity index (χ2n) is 6.02. The number of sulfone groups is 1. The molecule has 0 spiro atoms. The van der Waals surface area contributed by atoms with Crippen LogP contribution in [0.25, 0.3) is 0 Å². The molecule has 0 radical (unpaired) electrons. The third-order valence-electron chi connectivity index (χ3n) is 4.18. The molecule has 1 aliphatic rings. The fraction of sp³-hybridized carbons (Fsp3) is 0.353. The van der Waals surface area contributed by atoms with Gasteiger partial charge in [0.05, 0.1) is 12.8 Å². The quantitative estimate of drug-likeness (QED) is 0.781. The van der Waals surface area contributed by atoms with Crippen LogP contribution in [0.15, 0.2) is 29.4 Å². The van der Waals surface area contributed by atoms with Gasteiger partial charge in [-0.15, -0.1) is 0 Å². The average Bonchev–Trinajstić information content (AvgIpc) is 2.63. The van der Waals surface area contributed by atoms with Gasteiger partial charge in [-0.25, -0.2) is 18.4 Å². The number of aromatic nitrogens is 2. The summed E-state index contributed by atoms with van der Waals surface area (Å²) in [5.41, 5.74) is 1.77. The first kappa shape index (κ1) is 18.1. The minimum Gasteiger partial charge on any atom is -0.497 e. The number of fused-ring (bicyclic) bond motifs is 1. The second kappa shape index (κ2) is 6.91. The average molecular weight is 376 g/mol. The Balaban J connectivity index is 1.91.